The second-order valence-corrected chi connectivity index (χ2v) is 4.31. The van der Waals surface area contributed by atoms with Crippen molar-refractivity contribution in [2.45, 2.75) is 0 Å². The predicted octanol–water partition coefficient (Wildman–Crippen LogP) is 0.0235. The fourth-order valence-corrected chi connectivity index (χ4v) is 2.14. The van der Waals surface area contributed by atoms with Crippen molar-refractivity contribution in [3.63, 3.8) is 0 Å². The quantitative estimate of drug-likeness (QED) is 0.351. The monoisotopic (exact) mass is 420 g/mol. The number of hydrogen-bond acceptors (Lipinski definition) is 0. The van der Waals surface area contributed by atoms with E-state index in [4.69, 9.17) is 0 Å². The van der Waals surface area contributed by atoms with Crippen molar-refractivity contribution in [2.75, 3.05) is 0 Å². The van der Waals surface area contributed by atoms with Crippen LogP contribution in [-0.2, 0) is 26.2 Å². The summed E-state index contributed by atoms with van der Waals surface area (Å²) in [6.45, 7) is 0. The van der Waals surface area contributed by atoms with Crippen LogP contribution in [0.2, 0.25) is 0 Å². The molecule has 0 nitrogen and oxygen atoms in total. The first kappa shape index (κ1) is 27.0. The molecule has 0 radical (unpaired) electrons. The first-order valence-corrected chi connectivity index (χ1v) is 6.14. The Morgan fingerprint density at radius 1 is 0.522 bits per heavy atom. The third kappa shape index (κ3) is 7.04. The maximum absolute atomic E-state index is 2.12. The van der Waals surface area contributed by atoms with Crippen LogP contribution in [0.25, 0.3) is 21.5 Å². The molecule has 0 bridgehead atoms. The van der Waals surface area contributed by atoms with E-state index in [0.717, 1.165) is 0 Å². The van der Waals surface area contributed by atoms with E-state index in [9.17, 15) is 0 Å². The van der Waals surface area contributed by atoms with Crippen molar-refractivity contribution >= 4 is 21.5 Å². The Kier molecular flexibility index (Phi) is 15.9. The molecule has 4 aromatic rings. The van der Waals surface area contributed by atoms with E-state index in [1.807, 2.05) is 0 Å². The number of hydrogen-bond donors (Lipinski definition) is 0. The van der Waals surface area contributed by atoms with E-state index < -0.39 is 0 Å². The van der Waals surface area contributed by atoms with Gasteiger partial charge in [-0.05, 0) is 0 Å². The summed E-state index contributed by atoms with van der Waals surface area (Å²) in [7, 11) is 0. The van der Waals surface area contributed by atoms with Gasteiger partial charge < -0.3 is 39.7 Å². The minimum atomic E-state index is 0. The molecule has 0 saturated heterocycles. The third-order valence-electron chi connectivity index (χ3n) is 3.10. The minimum Gasteiger partial charge on any atom is -1.00 e. The molecule has 0 aromatic heterocycles. The van der Waals surface area contributed by atoms with Crippen molar-refractivity contribution in [3.8, 4) is 0 Å². The Bertz CT molecular complexity index is 630. The van der Waals surface area contributed by atoms with Crippen LogP contribution in [0.1, 0.15) is 0 Å². The van der Waals surface area contributed by atoms with E-state index in [-0.39, 0.29) is 65.9 Å². The van der Waals surface area contributed by atoms with Gasteiger partial charge in [-0.15, -0.1) is 59.3 Å². The zero-order valence-electron chi connectivity index (χ0n) is 13.3. The van der Waals surface area contributed by atoms with Gasteiger partial charge in [0.1, 0.15) is 0 Å². The molecule has 4 aromatic carbocycles. The molecule has 4 rings (SSSR count). The Hall–Kier alpha value is -0.877. The first-order chi connectivity index (χ1) is 8.93. The Morgan fingerprint density at radius 3 is 1.22 bits per heavy atom. The standard InChI is InChI=1S/2C9H7.2CH3.2ClH.Zr/c2*1-2-5-9-7-3-6-8(9)4-1;;;;;/h2*1-7H;2*1H3;2*1H;/q4*-1;;;+4/p-2. The summed E-state index contributed by atoms with van der Waals surface area (Å²) in [4.78, 5) is 0. The predicted molar refractivity (Wildman–Crippen MR) is 91.9 cm³/mol. The molecule has 0 aliphatic rings. The van der Waals surface area contributed by atoms with Gasteiger partial charge in [-0.3, -0.25) is 0 Å². The molecule has 0 N–H and O–H groups in total. The van der Waals surface area contributed by atoms with Gasteiger partial charge in [0.2, 0.25) is 0 Å². The largest absolute Gasteiger partial charge is 4.00 e. The molecular formula is C20H20Cl2Zr-2. The Balaban J connectivity index is -0.000000286. The van der Waals surface area contributed by atoms with E-state index in [1.165, 1.54) is 21.5 Å². The van der Waals surface area contributed by atoms with Gasteiger partial charge >= 0.3 is 26.2 Å². The topological polar surface area (TPSA) is 0 Å². The molecule has 120 valence electrons. The van der Waals surface area contributed by atoms with E-state index in [1.54, 1.807) is 0 Å². The van der Waals surface area contributed by atoms with Crippen LogP contribution in [0.4, 0.5) is 0 Å². The summed E-state index contributed by atoms with van der Waals surface area (Å²) in [5.41, 5.74) is 0. The van der Waals surface area contributed by atoms with Gasteiger partial charge in [0.15, 0.2) is 0 Å². The first-order valence-electron chi connectivity index (χ1n) is 6.14. The van der Waals surface area contributed by atoms with Crippen LogP contribution in [-0.4, -0.2) is 0 Å². The molecule has 0 saturated carbocycles. The molecule has 0 heterocycles. The smallest absolute Gasteiger partial charge is 1.00 e. The number of fused-ring (bicyclic) bond motifs is 2. The molecule has 0 fully saturated rings. The zero-order chi connectivity index (χ0) is 12.2. The molecule has 23 heavy (non-hydrogen) atoms. The van der Waals surface area contributed by atoms with E-state index in [0.29, 0.717) is 0 Å². The average Bonchev–Trinajstić information content (AvgIpc) is 3.08. The Morgan fingerprint density at radius 2 is 0.870 bits per heavy atom. The number of rotatable bonds is 0. The summed E-state index contributed by atoms with van der Waals surface area (Å²) in [6, 6.07) is 29.3. The van der Waals surface area contributed by atoms with Crippen LogP contribution >= 0.6 is 0 Å². The molecule has 0 aliphatic carbocycles. The van der Waals surface area contributed by atoms with Crippen molar-refractivity contribution in [1.82, 2.24) is 0 Å². The van der Waals surface area contributed by atoms with Crippen molar-refractivity contribution in [2.24, 2.45) is 0 Å². The van der Waals surface area contributed by atoms with Gasteiger partial charge in [0.25, 0.3) is 0 Å². The number of halogens is 2. The molecule has 0 amide bonds. The van der Waals surface area contributed by atoms with Crippen molar-refractivity contribution < 1.29 is 51.0 Å². The van der Waals surface area contributed by atoms with E-state index in [2.05, 4.69) is 84.9 Å². The summed E-state index contributed by atoms with van der Waals surface area (Å²) >= 11 is 0. The SMILES string of the molecule is [CH3-].[CH3-].[Cl-].[Cl-].[Zr+4].c1ccc2[cH-]ccc2c1.c1ccc2[cH-]ccc2c1. The fourth-order valence-electron chi connectivity index (χ4n) is 2.14. The third-order valence-corrected chi connectivity index (χ3v) is 3.10. The minimum absolute atomic E-state index is 0. The molecule has 0 atom stereocenters. The van der Waals surface area contributed by atoms with Crippen LogP contribution < -0.4 is 24.8 Å². The second kappa shape index (κ2) is 13.6. The second-order valence-electron chi connectivity index (χ2n) is 4.31. The average molecular weight is 423 g/mol. The van der Waals surface area contributed by atoms with Gasteiger partial charge in [0.05, 0.1) is 0 Å². The van der Waals surface area contributed by atoms with Gasteiger partial charge in [0, 0.05) is 0 Å². The van der Waals surface area contributed by atoms with Gasteiger partial charge in [-0.2, -0.15) is 35.0 Å². The maximum Gasteiger partial charge on any atom is 4.00 e. The maximum atomic E-state index is 2.12. The summed E-state index contributed by atoms with van der Waals surface area (Å²) in [5.74, 6) is 0. The molecule has 0 spiro atoms. The normalized spacial score (nSPS) is 8.00. The van der Waals surface area contributed by atoms with Crippen LogP contribution in [0.5, 0.6) is 0 Å². The summed E-state index contributed by atoms with van der Waals surface area (Å²) < 4.78 is 0. The van der Waals surface area contributed by atoms with Crippen LogP contribution in [0.3, 0.4) is 0 Å². The van der Waals surface area contributed by atoms with Gasteiger partial charge in [-0.1, -0.05) is 12.1 Å². The van der Waals surface area contributed by atoms with E-state index >= 15 is 0 Å². The molecular weight excluding hydrogens is 402 g/mol. The number of benzene rings is 2. The Labute approximate surface area is 171 Å². The zero-order valence-corrected chi connectivity index (χ0v) is 17.3. The van der Waals surface area contributed by atoms with Gasteiger partial charge in [-0.25, -0.2) is 0 Å². The molecule has 0 unspecified atom stereocenters. The van der Waals surface area contributed by atoms with Crippen molar-refractivity contribution in [3.05, 3.63) is 99.8 Å². The van der Waals surface area contributed by atoms with Crippen LogP contribution in [0.15, 0.2) is 84.9 Å². The summed E-state index contributed by atoms with van der Waals surface area (Å²) in [5, 5.41) is 5.32. The van der Waals surface area contributed by atoms with Crippen molar-refractivity contribution in [1.29, 1.82) is 0 Å². The van der Waals surface area contributed by atoms with Crippen LogP contribution in [0, 0.1) is 14.9 Å². The summed E-state index contributed by atoms with van der Waals surface area (Å²) in [6.07, 6.45) is 0. The molecule has 3 heteroatoms. The molecule has 0 aliphatic heterocycles. The fraction of sp³-hybridized carbons (Fsp3) is 0.